The first-order valence-corrected chi connectivity index (χ1v) is 8.05. The Kier molecular flexibility index (Phi) is 4.52. The first-order valence-electron chi connectivity index (χ1n) is 8.05. The standard InChI is InChI=1S/C21H20O3/c1-14(2)20-18(12-15-6-4-3-5-7-15)21(23)24-19(20)13-16-8-10-17(22)11-9-16/h3-11,13-14,22H,12H2,1-2H3/b19-13-. The molecule has 0 atom stereocenters. The first-order chi connectivity index (χ1) is 11.5. The lowest BCUT2D eigenvalue weighted by atomic mass is 9.92. The summed E-state index contributed by atoms with van der Waals surface area (Å²) in [6.07, 6.45) is 2.42. The third-order valence-electron chi connectivity index (χ3n) is 4.03. The molecule has 2 aromatic carbocycles. The van der Waals surface area contributed by atoms with E-state index in [0.717, 1.165) is 22.3 Å². The number of cyclic esters (lactones) is 1. The molecule has 0 aromatic heterocycles. The van der Waals surface area contributed by atoms with Crippen LogP contribution in [0.15, 0.2) is 71.5 Å². The summed E-state index contributed by atoms with van der Waals surface area (Å²) in [5.74, 6) is 0.725. The van der Waals surface area contributed by atoms with Crippen LogP contribution in [0.5, 0.6) is 5.75 Å². The number of esters is 1. The lowest BCUT2D eigenvalue weighted by Crippen LogP contribution is -2.03. The Hall–Kier alpha value is -2.81. The van der Waals surface area contributed by atoms with Crippen molar-refractivity contribution in [2.45, 2.75) is 20.3 Å². The number of aromatic hydroxyl groups is 1. The van der Waals surface area contributed by atoms with E-state index in [9.17, 15) is 9.90 Å². The highest BCUT2D eigenvalue weighted by Gasteiger charge is 2.31. The van der Waals surface area contributed by atoms with Crippen molar-refractivity contribution in [1.82, 2.24) is 0 Å². The van der Waals surface area contributed by atoms with Gasteiger partial charge in [-0.15, -0.1) is 0 Å². The molecule has 0 spiro atoms. The highest BCUT2D eigenvalue weighted by Crippen LogP contribution is 2.35. The highest BCUT2D eigenvalue weighted by atomic mass is 16.5. The van der Waals surface area contributed by atoms with Crippen LogP contribution in [0.1, 0.15) is 25.0 Å². The summed E-state index contributed by atoms with van der Waals surface area (Å²) >= 11 is 0. The zero-order valence-electron chi connectivity index (χ0n) is 13.8. The number of allylic oxidation sites excluding steroid dienone is 1. The molecule has 0 saturated heterocycles. The van der Waals surface area contributed by atoms with Crippen LogP contribution in [0.25, 0.3) is 6.08 Å². The number of phenols is 1. The monoisotopic (exact) mass is 320 g/mol. The molecule has 0 aliphatic carbocycles. The number of hydrogen-bond donors (Lipinski definition) is 1. The second-order valence-electron chi connectivity index (χ2n) is 6.20. The van der Waals surface area contributed by atoms with E-state index in [1.54, 1.807) is 24.3 Å². The van der Waals surface area contributed by atoms with Crippen LogP contribution < -0.4 is 0 Å². The van der Waals surface area contributed by atoms with Crippen molar-refractivity contribution in [3.8, 4) is 5.75 Å². The van der Waals surface area contributed by atoms with E-state index in [4.69, 9.17) is 4.74 Å². The van der Waals surface area contributed by atoms with E-state index in [2.05, 4.69) is 13.8 Å². The molecule has 3 nitrogen and oxygen atoms in total. The predicted octanol–water partition coefficient (Wildman–Crippen LogP) is 4.49. The second kappa shape index (κ2) is 6.75. The minimum absolute atomic E-state index is 0.179. The Morgan fingerprint density at radius 3 is 2.33 bits per heavy atom. The molecule has 122 valence electrons. The summed E-state index contributed by atoms with van der Waals surface area (Å²) in [7, 11) is 0. The highest BCUT2D eigenvalue weighted by molar-refractivity contribution is 5.96. The van der Waals surface area contributed by atoms with E-state index < -0.39 is 0 Å². The molecule has 0 amide bonds. The van der Waals surface area contributed by atoms with Crippen molar-refractivity contribution in [1.29, 1.82) is 0 Å². The zero-order chi connectivity index (χ0) is 17.1. The van der Waals surface area contributed by atoms with Crippen LogP contribution in [-0.4, -0.2) is 11.1 Å². The van der Waals surface area contributed by atoms with Gasteiger partial charge in [0.05, 0.1) is 0 Å². The number of carbonyl (C=O) groups is 1. The van der Waals surface area contributed by atoms with Gasteiger partial charge in [0.2, 0.25) is 0 Å². The average Bonchev–Trinajstić information content (AvgIpc) is 2.86. The zero-order valence-corrected chi connectivity index (χ0v) is 13.8. The number of benzene rings is 2. The Labute approximate surface area is 141 Å². The Bertz CT molecular complexity index is 797. The van der Waals surface area contributed by atoms with E-state index in [0.29, 0.717) is 12.2 Å². The van der Waals surface area contributed by atoms with Gasteiger partial charge in [-0.1, -0.05) is 56.3 Å². The Morgan fingerprint density at radius 2 is 1.71 bits per heavy atom. The van der Waals surface area contributed by atoms with E-state index in [1.807, 2.05) is 36.4 Å². The van der Waals surface area contributed by atoms with Gasteiger partial charge >= 0.3 is 5.97 Å². The quantitative estimate of drug-likeness (QED) is 0.845. The Balaban J connectivity index is 1.99. The fraction of sp³-hybridized carbons (Fsp3) is 0.190. The average molecular weight is 320 g/mol. The number of carbonyl (C=O) groups excluding carboxylic acids is 1. The van der Waals surface area contributed by atoms with Crippen molar-refractivity contribution in [3.63, 3.8) is 0 Å². The van der Waals surface area contributed by atoms with E-state index in [1.165, 1.54) is 0 Å². The summed E-state index contributed by atoms with van der Waals surface area (Å²) in [5.41, 5.74) is 3.65. The van der Waals surface area contributed by atoms with Crippen LogP contribution in [0.4, 0.5) is 0 Å². The largest absolute Gasteiger partial charge is 0.508 e. The normalized spacial score (nSPS) is 16.1. The molecule has 1 aliphatic heterocycles. The minimum Gasteiger partial charge on any atom is -0.508 e. The molecule has 2 aromatic rings. The number of ether oxygens (including phenoxy) is 1. The van der Waals surface area contributed by atoms with Gasteiger partial charge in [0, 0.05) is 17.6 Å². The van der Waals surface area contributed by atoms with Crippen molar-refractivity contribution in [2.75, 3.05) is 0 Å². The van der Waals surface area contributed by atoms with Gasteiger partial charge in [-0.2, -0.15) is 0 Å². The summed E-state index contributed by atoms with van der Waals surface area (Å²) in [6, 6.07) is 16.8. The van der Waals surface area contributed by atoms with Gasteiger partial charge in [0.15, 0.2) is 0 Å². The predicted molar refractivity (Wildman–Crippen MR) is 94.2 cm³/mol. The van der Waals surface area contributed by atoms with Gasteiger partial charge < -0.3 is 9.84 Å². The molecule has 0 fully saturated rings. The van der Waals surface area contributed by atoms with Crippen molar-refractivity contribution < 1.29 is 14.6 Å². The fourth-order valence-corrected chi connectivity index (χ4v) is 2.90. The summed E-state index contributed by atoms with van der Waals surface area (Å²) in [6.45, 7) is 4.12. The summed E-state index contributed by atoms with van der Waals surface area (Å²) in [5, 5.41) is 9.39. The topological polar surface area (TPSA) is 46.5 Å². The van der Waals surface area contributed by atoms with Gasteiger partial charge in [-0.25, -0.2) is 4.79 Å². The van der Waals surface area contributed by atoms with E-state index >= 15 is 0 Å². The van der Waals surface area contributed by atoms with Crippen LogP contribution in [0.2, 0.25) is 0 Å². The molecule has 0 saturated carbocycles. The van der Waals surface area contributed by atoms with Crippen LogP contribution in [0.3, 0.4) is 0 Å². The maximum Gasteiger partial charge on any atom is 0.340 e. The molecule has 1 N–H and O–H groups in total. The minimum atomic E-state index is -0.271. The van der Waals surface area contributed by atoms with Crippen molar-refractivity contribution in [3.05, 3.63) is 82.6 Å². The Morgan fingerprint density at radius 1 is 1.04 bits per heavy atom. The van der Waals surface area contributed by atoms with Crippen LogP contribution in [-0.2, 0) is 16.0 Å². The molecular weight excluding hydrogens is 300 g/mol. The number of hydrogen-bond acceptors (Lipinski definition) is 3. The molecule has 0 unspecified atom stereocenters. The molecule has 0 bridgehead atoms. The summed E-state index contributed by atoms with van der Waals surface area (Å²) < 4.78 is 5.54. The number of phenolic OH excluding ortho intramolecular Hbond substituents is 1. The fourth-order valence-electron chi connectivity index (χ4n) is 2.90. The van der Waals surface area contributed by atoms with Crippen molar-refractivity contribution >= 4 is 12.0 Å². The summed E-state index contributed by atoms with van der Waals surface area (Å²) in [4.78, 5) is 12.4. The van der Waals surface area contributed by atoms with Gasteiger partial charge in [-0.3, -0.25) is 0 Å². The molecule has 3 heteroatoms. The molecule has 0 radical (unpaired) electrons. The molecular formula is C21H20O3. The number of rotatable bonds is 4. The molecule has 3 rings (SSSR count). The van der Waals surface area contributed by atoms with Crippen molar-refractivity contribution in [2.24, 2.45) is 5.92 Å². The third kappa shape index (κ3) is 3.40. The lowest BCUT2D eigenvalue weighted by Gasteiger charge is -2.09. The molecule has 1 heterocycles. The van der Waals surface area contributed by atoms with Gasteiger partial charge in [-0.05, 0) is 35.3 Å². The third-order valence-corrected chi connectivity index (χ3v) is 4.03. The van der Waals surface area contributed by atoms with Crippen LogP contribution in [0, 0.1) is 5.92 Å². The lowest BCUT2D eigenvalue weighted by molar-refractivity contribution is -0.133. The maximum absolute atomic E-state index is 12.4. The second-order valence-corrected chi connectivity index (χ2v) is 6.20. The van der Waals surface area contributed by atoms with Gasteiger partial charge in [0.1, 0.15) is 11.5 Å². The molecule has 1 aliphatic rings. The first kappa shape index (κ1) is 16.1. The van der Waals surface area contributed by atoms with Crippen LogP contribution >= 0.6 is 0 Å². The van der Waals surface area contributed by atoms with Gasteiger partial charge in [0.25, 0.3) is 0 Å². The molecule has 24 heavy (non-hydrogen) atoms. The smallest absolute Gasteiger partial charge is 0.340 e. The van der Waals surface area contributed by atoms with E-state index in [-0.39, 0.29) is 17.6 Å². The SMILES string of the molecule is CC(C)C1=C(Cc2ccccc2)C(=O)O/C1=C\c1ccc(O)cc1. The maximum atomic E-state index is 12.4.